The second-order valence-corrected chi connectivity index (χ2v) is 8.77. The number of aryl methyl sites for hydroxylation is 1. The maximum absolute atomic E-state index is 13.3. The Morgan fingerprint density at radius 3 is 2.17 bits per heavy atom. The Balaban J connectivity index is 1.83. The first kappa shape index (κ1) is 24.7. The Morgan fingerprint density at radius 1 is 0.944 bits per heavy atom. The number of carbonyl (C=O) groups is 3. The SMILES string of the molecule is COc1ccc(/C(O)=C2/C(=O)C(=O)N(c3ccc(C(=O)OC(C)C)cc3)C2c2ccccc2)cc1C. The number of methoxy groups -OCH3 is 1. The number of nitrogens with zero attached hydrogens (tertiary/aromatic N) is 1. The molecule has 1 N–H and O–H groups in total. The molecule has 7 heteroatoms. The number of esters is 1. The van der Waals surface area contributed by atoms with Crippen molar-refractivity contribution in [2.24, 2.45) is 0 Å². The minimum absolute atomic E-state index is 0.0148. The van der Waals surface area contributed by atoms with Gasteiger partial charge in [-0.1, -0.05) is 30.3 Å². The number of hydrogen-bond donors (Lipinski definition) is 1. The summed E-state index contributed by atoms with van der Waals surface area (Å²) in [5, 5.41) is 11.3. The van der Waals surface area contributed by atoms with Gasteiger partial charge in [0, 0.05) is 11.3 Å². The minimum atomic E-state index is -0.859. The van der Waals surface area contributed by atoms with Crippen molar-refractivity contribution in [3.63, 3.8) is 0 Å². The van der Waals surface area contributed by atoms with Crippen molar-refractivity contribution in [2.75, 3.05) is 12.0 Å². The van der Waals surface area contributed by atoms with Crippen LogP contribution < -0.4 is 9.64 Å². The zero-order chi connectivity index (χ0) is 26.0. The maximum Gasteiger partial charge on any atom is 0.338 e. The topological polar surface area (TPSA) is 93.1 Å². The van der Waals surface area contributed by atoms with Crippen LogP contribution in [-0.4, -0.2) is 36.0 Å². The van der Waals surface area contributed by atoms with E-state index in [0.29, 0.717) is 28.1 Å². The van der Waals surface area contributed by atoms with Crippen LogP contribution in [-0.2, 0) is 14.3 Å². The smallest absolute Gasteiger partial charge is 0.338 e. The van der Waals surface area contributed by atoms with Gasteiger partial charge < -0.3 is 14.6 Å². The molecule has 1 saturated heterocycles. The molecule has 3 aromatic rings. The van der Waals surface area contributed by atoms with E-state index in [9.17, 15) is 19.5 Å². The Morgan fingerprint density at radius 2 is 1.58 bits per heavy atom. The van der Waals surface area contributed by atoms with Gasteiger partial charge in [-0.25, -0.2) is 4.79 Å². The van der Waals surface area contributed by atoms with Crippen LogP contribution >= 0.6 is 0 Å². The molecule has 0 spiro atoms. The molecule has 1 fully saturated rings. The molecule has 1 atom stereocenters. The lowest BCUT2D eigenvalue weighted by molar-refractivity contribution is -0.132. The molecule has 0 aliphatic carbocycles. The fourth-order valence-corrected chi connectivity index (χ4v) is 4.27. The highest BCUT2D eigenvalue weighted by atomic mass is 16.5. The van der Waals surface area contributed by atoms with Gasteiger partial charge in [-0.2, -0.15) is 0 Å². The lowest BCUT2D eigenvalue weighted by Crippen LogP contribution is -2.29. The average molecular weight is 486 g/mol. The fourth-order valence-electron chi connectivity index (χ4n) is 4.27. The second-order valence-electron chi connectivity index (χ2n) is 8.77. The first-order chi connectivity index (χ1) is 17.2. The number of rotatable bonds is 6. The number of aliphatic hydroxyl groups is 1. The summed E-state index contributed by atoms with van der Waals surface area (Å²) in [5.74, 6) is -1.67. The molecule has 0 bridgehead atoms. The lowest BCUT2D eigenvalue weighted by atomic mass is 9.94. The summed E-state index contributed by atoms with van der Waals surface area (Å²) in [6.45, 7) is 5.35. The van der Waals surface area contributed by atoms with Gasteiger partial charge >= 0.3 is 5.97 Å². The molecule has 1 unspecified atom stereocenters. The van der Waals surface area contributed by atoms with Crippen molar-refractivity contribution in [1.82, 2.24) is 0 Å². The molecule has 7 nitrogen and oxygen atoms in total. The van der Waals surface area contributed by atoms with Gasteiger partial charge in [0.1, 0.15) is 11.5 Å². The van der Waals surface area contributed by atoms with Gasteiger partial charge in [0.05, 0.1) is 30.4 Å². The van der Waals surface area contributed by atoms with Crippen molar-refractivity contribution >= 4 is 29.1 Å². The van der Waals surface area contributed by atoms with E-state index >= 15 is 0 Å². The first-order valence-electron chi connectivity index (χ1n) is 11.5. The highest BCUT2D eigenvalue weighted by Gasteiger charge is 2.47. The Bertz CT molecular complexity index is 1340. The zero-order valence-electron chi connectivity index (χ0n) is 20.5. The van der Waals surface area contributed by atoms with E-state index in [-0.39, 0.29) is 17.4 Å². The quantitative estimate of drug-likeness (QED) is 0.223. The monoisotopic (exact) mass is 485 g/mol. The van der Waals surface area contributed by atoms with Crippen molar-refractivity contribution in [2.45, 2.75) is 32.9 Å². The summed E-state index contributed by atoms with van der Waals surface area (Å²) in [6.07, 6.45) is -0.269. The summed E-state index contributed by atoms with van der Waals surface area (Å²) < 4.78 is 10.5. The number of benzene rings is 3. The van der Waals surface area contributed by atoms with Crippen LogP contribution in [0.15, 0.2) is 78.4 Å². The number of anilines is 1. The molecule has 0 radical (unpaired) electrons. The molecule has 36 heavy (non-hydrogen) atoms. The highest BCUT2D eigenvalue weighted by molar-refractivity contribution is 6.51. The fraction of sp³-hybridized carbons (Fsp3) is 0.207. The number of carbonyl (C=O) groups excluding carboxylic acids is 3. The van der Waals surface area contributed by atoms with Gasteiger partial charge in [-0.3, -0.25) is 14.5 Å². The van der Waals surface area contributed by atoms with E-state index in [2.05, 4.69) is 0 Å². The van der Waals surface area contributed by atoms with E-state index in [4.69, 9.17) is 9.47 Å². The Hall–Kier alpha value is -4.39. The van der Waals surface area contributed by atoms with Gasteiger partial charge in [0.15, 0.2) is 0 Å². The Labute approximate surface area is 209 Å². The Kier molecular flexibility index (Phi) is 6.92. The van der Waals surface area contributed by atoms with Crippen LogP contribution in [0.25, 0.3) is 5.76 Å². The van der Waals surface area contributed by atoms with Gasteiger partial charge in [0.2, 0.25) is 0 Å². The summed E-state index contributed by atoms with van der Waals surface area (Å²) >= 11 is 0. The largest absolute Gasteiger partial charge is 0.507 e. The number of Topliss-reactive ketones (excluding diaryl/α,β-unsaturated/α-hetero) is 1. The molecule has 1 aliphatic heterocycles. The van der Waals surface area contributed by atoms with E-state index in [1.165, 1.54) is 4.90 Å². The van der Waals surface area contributed by atoms with Gasteiger partial charge in [0.25, 0.3) is 11.7 Å². The number of aliphatic hydroxyl groups excluding tert-OH is 1. The van der Waals surface area contributed by atoms with Crippen LogP contribution in [0.2, 0.25) is 0 Å². The molecule has 3 aromatic carbocycles. The van der Waals surface area contributed by atoms with Crippen LogP contribution in [0, 0.1) is 6.92 Å². The molecule has 0 aromatic heterocycles. The van der Waals surface area contributed by atoms with Crippen molar-refractivity contribution in [3.05, 3.63) is 101 Å². The third-order valence-electron chi connectivity index (χ3n) is 5.95. The zero-order valence-corrected chi connectivity index (χ0v) is 20.5. The van der Waals surface area contributed by atoms with E-state index in [1.54, 1.807) is 87.7 Å². The summed E-state index contributed by atoms with van der Waals surface area (Å²) in [4.78, 5) is 40.2. The maximum atomic E-state index is 13.3. The van der Waals surface area contributed by atoms with Crippen LogP contribution in [0.5, 0.6) is 5.75 Å². The third kappa shape index (κ3) is 4.60. The average Bonchev–Trinajstić information content (AvgIpc) is 3.14. The number of amides is 1. The highest BCUT2D eigenvalue weighted by Crippen LogP contribution is 2.42. The minimum Gasteiger partial charge on any atom is -0.507 e. The summed E-state index contributed by atoms with van der Waals surface area (Å²) in [6, 6.07) is 19.5. The van der Waals surface area contributed by atoms with E-state index in [1.807, 2.05) is 13.0 Å². The number of ketones is 1. The molecule has 1 aliphatic rings. The summed E-state index contributed by atoms with van der Waals surface area (Å²) in [7, 11) is 1.55. The van der Waals surface area contributed by atoms with Crippen LogP contribution in [0.1, 0.15) is 46.9 Å². The molecule has 4 rings (SSSR count). The molecule has 0 saturated carbocycles. The predicted molar refractivity (Wildman–Crippen MR) is 136 cm³/mol. The molecule has 1 heterocycles. The molecular weight excluding hydrogens is 458 g/mol. The van der Waals surface area contributed by atoms with Gasteiger partial charge in [-0.05, 0) is 74.4 Å². The third-order valence-corrected chi connectivity index (χ3v) is 5.95. The molecular formula is C29H27NO6. The first-order valence-corrected chi connectivity index (χ1v) is 11.5. The predicted octanol–water partition coefficient (Wildman–Crippen LogP) is 5.20. The van der Waals surface area contributed by atoms with E-state index in [0.717, 1.165) is 5.56 Å². The van der Waals surface area contributed by atoms with Crippen molar-refractivity contribution in [1.29, 1.82) is 0 Å². The standard InChI is InChI=1S/C29H27NO6/c1-17(2)36-29(34)20-10-13-22(14-11-20)30-25(19-8-6-5-7-9-19)24(27(32)28(30)33)26(31)21-12-15-23(35-4)18(3)16-21/h5-17,25,31H,1-4H3/b26-24-. The lowest BCUT2D eigenvalue weighted by Gasteiger charge is -2.25. The number of hydrogen-bond acceptors (Lipinski definition) is 6. The molecule has 1 amide bonds. The molecule has 184 valence electrons. The van der Waals surface area contributed by atoms with Gasteiger partial charge in [-0.15, -0.1) is 0 Å². The van der Waals surface area contributed by atoms with Crippen molar-refractivity contribution in [3.8, 4) is 5.75 Å². The van der Waals surface area contributed by atoms with E-state index < -0.39 is 23.7 Å². The van der Waals surface area contributed by atoms with Crippen LogP contribution in [0.3, 0.4) is 0 Å². The van der Waals surface area contributed by atoms with Crippen molar-refractivity contribution < 1.29 is 29.0 Å². The van der Waals surface area contributed by atoms with Crippen LogP contribution in [0.4, 0.5) is 5.69 Å². The summed E-state index contributed by atoms with van der Waals surface area (Å²) in [5.41, 5.74) is 2.56. The second kappa shape index (κ2) is 10.1. The number of ether oxygens (including phenoxy) is 2. The normalized spacial score (nSPS) is 16.9.